The van der Waals surface area contributed by atoms with Crippen molar-refractivity contribution in [3.8, 4) is 0 Å². The standard InChI is InChI=1S/C4H18NO8P3/c1-14(6,7)2-5(3-15(8,9)10)4-16(11,12)13/h6-10,14-15H,2-4H2,1H3,(H2,11,12,13). The molecular weight excluding hydrogens is 283 g/mol. The van der Waals surface area contributed by atoms with Gasteiger partial charge in [-0.2, -0.15) is 0 Å². The van der Waals surface area contributed by atoms with Crippen molar-refractivity contribution in [3.05, 3.63) is 0 Å². The number of nitrogens with zero attached hydrogens (tertiary/aromatic N) is 1. The van der Waals surface area contributed by atoms with Crippen molar-refractivity contribution >= 4 is 23.3 Å². The van der Waals surface area contributed by atoms with Gasteiger partial charge in [0.05, 0.1) is 0 Å². The quantitative estimate of drug-likeness (QED) is 0.275. The Bertz CT molecular complexity index is 249. The molecule has 0 atom stereocenters. The van der Waals surface area contributed by atoms with Gasteiger partial charge in [0.25, 0.3) is 0 Å². The minimum atomic E-state index is -4.54. The molecule has 0 aliphatic rings. The molecule has 0 aromatic carbocycles. The van der Waals surface area contributed by atoms with E-state index in [1.54, 1.807) is 0 Å². The molecule has 0 saturated heterocycles. The summed E-state index contributed by atoms with van der Waals surface area (Å²) in [6.45, 7) is 1.09. The summed E-state index contributed by atoms with van der Waals surface area (Å²) in [6, 6.07) is 0. The molecule has 7 N–H and O–H groups in total. The van der Waals surface area contributed by atoms with E-state index in [4.69, 9.17) is 34.3 Å². The Labute approximate surface area is 93.2 Å². The Morgan fingerprint density at radius 1 is 1.06 bits per heavy atom. The Morgan fingerprint density at radius 2 is 1.50 bits per heavy atom. The van der Waals surface area contributed by atoms with Crippen LogP contribution in [0.5, 0.6) is 0 Å². The first kappa shape index (κ1) is 16.8. The summed E-state index contributed by atoms with van der Waals surface area (Å²) in [7, 11) is -12.7. The second-order valence-electron chi connectivity index (χ2n) is 3.78. The van der Waals surface area contributed by atoms with Gasteiger partial charge in [-0.15, -0.1) is 0 Å². The number of hydrogen-bond donors (Lipinski definition) is 7. The second-order valence-corrected chi connectivity index (χ2v) is 10.0. The van der Waals surface area contributed by atoms with Crippen LogP contribution in [0, 0.1) is 0 Å². The first-order valence-electron chi connectivity index (χ1n) is 4.17. The molecule has 102 valence electrons. The Morgan fingerprint density at radius 3 is 1.75 bits per heavy atom. The maximum absolute atomic E-state index is 10.7. The molecule has 0 rings (SSSR count). The van der Waals surface area contributed by atoms with E-state index >= 15 is 0 Å². The van der Waals surface area contributed by atoms with E-state index in [0.29, 0.717) is 0 Å². The Kier molecular flexibility index (Phi) is 5.88. The molecule has 0 aliphatic heterocycles. The summed E-state index contributed by atoms with van der Waals surface area (Å²) in [5.41, 5.74) is 0. The molecule has 0 radical (unpaired) electrons. The summed E-state index contributed by atoms with van der Waals surface area (Å²) in [5, 5.41) is 0. The third-order valence-electron chi connectivity index (χ3n) is 1.34. The predicted octanol–water partition coefficient (Wildman–Crippen LogP) is -2.00. The van der Waals surface area contributed by atoms with Crippen LogP contribution < -0.4 is 0 Å². The molecule has 0 heterocycles. The minimum absolute atomic E-state index is 0.505. The van der Waals surface area contributed by atoms with Gasteiger partial charge in [-0.1, -0.05) is 0 Å². The predicted molar refractivity (Wildman–Crippen MR) is 62.1 cm³/mol. The normalized spacial score (nSPS) is 16.6. The van der Waals surface area contributed by atoms with Crippen LogP contribution in [0.15, 0.2) is 0 Å². The molecule has 0 aromatic heterocycles. The molecule has 16 heavy (non-hydrogen) atoms. The van der Waals surface area contributed by atoms with E-state index in [9.17, 15) is 4.57 Å². The molecule has 0 saturated carbocycles. The van der Waals surface area contributed by atoms with Gasteiger partial charge in [-0.05, 0) is 0 Å². The van der Waals surface area contributed by atoms with Gasteiger partial charge in [0, 0.05) is 0 Å². The topological polar surface area (TPSA) is 162 Å². The molecule has 0 bridgehead atoms. The first-order valence-corrected chi connectivity index (χ1v) is 10.6. The summed E-state index contributed by atoms with van der Waals surface area (Å²) >= 11 is 0. The van der Waals surface area contributed by atoms with Crippen LogP contribution in [0.25, 0.3) is 0 Å². The first-order chi connectivity index (χ1) is 6.79. The fourth-order valence-corrected chi connectivity index (χ4v) is 4.36. The van der Waals surface area contributed by atoms with Crippen LogP contribution in [-0.2, 0) is 4.57 Å². The molecule has 0 spiro atoms. The molecule has 0 fully saturated rings. The summed E-state index contributed by atoms with van der Waals surface area (Å²) in [5.74, 6) is 0. The van der Waals surface area contributed by atoms with Gasteiger partial charge in [-0.3, -0.25) is 0 Å². The van der Waals surface area contributed by atoms with Gasteiger partial charge in [0.2, 0.25) is 0 Å². The average molecular weight is 301 g/mol. The van der Waals surface area contributed by atoms with E-state index in [-0.39, 0.29) is 0 Å². The fraction of sp³-hybridized carbons (Fsp3) is 1.00. The van der Waals surface area contributed by atoms with Crippen LogP contribution >= 0.6 is 23.3 Å². The molecule has 12 heteroatoms. The maximum atomic E-state index is 10.7. The second kappa shape index (κ2) is 5.61. The zero-order chi connectivity index (χ0) is 13.2. The van der Waals surface area contributed by atoms with Crippen molar-refractivity contribution in [2.24, 2.45) is 0 Å². The van der Waals surface area contributed by atoms with Gasteiger partial charge < -0.3 is 0 Å². The third-order valence-corrected chi connectivity index (χ3v) is 4.03. The van der Waals surface area contributed by atoms with Gasteiger partial charge in [0.1, 0.15) is 0 Å². The van der Waals surface area contributed by atoms with Gasteiger partial charge in [-0.25, -0.2) is 0 Å². The van der Waals surface area contributed by atoms with Crippen molar-refractivity contribution in [2.45, 2.75) is 0 Å². The van der Waals surface area contributed by atoms with Crippen molar-refractivity contribution in [3.63, 3.8) is 0 Å². The molecular formula is C4H18NO8P3. The summed E-state index contributed by atoms with van der Waals surface area (Å²) < 4.78 is 10.7. The van der Waals surface area contributed by atoms with Gasteiger partial charge in [0.15, 0.2) is 0 Å². The van der Waals surface area contributed by atoms with Crippen molar-refractivity contribution in [1.82, 2.24) is 4.90 Å². The van der Waals surface area contributed by atoms with Crippen LogP contribution in [0.4, 0.5) is 0 Å². The summed E-state index contributed by atoms with van der Waals surface area (Å²) in [4.78, 5) is 62.8. The molecule has 0 unspecified atom stereocenters. The third kappa shape index (κ3) is 11.3. The van der Waals surface area contributed by atoms with E-state index in [2.05, 4.69) is 0 Å². The SMILES string of the molecule is C[PH](O)(O)CN(CP(=O)(O)O)C[PH](O)(O)O. The molecule has 9 nitrogen and oxygen atoms in total. The van der Waals surface area contributed by atoms with E-state index < -0.39 is 42.1 Å². The zero-order valence-corrected chi connectivity index (χ0v) is 11.4. The molecule has 0 amide bonds. The van der Waals surface area contributed by atoms with E-state index in [1.165, 1.54) is 0 Å². The fourth-order valence-electron chi connectivity index (χ4n) is 1.14. The molecule has 0 aromatic rings. The van der Waals surface area contributed by atoms with Crippen LogP contribution in [0.3, 0.4) is 0 Å². The van der Waals surface area contributed by atoms with Crippen molar-refractivity contribution < 1.29 is 38.8 Å². The van der Waals surface area contributed by atoms with E-state index in [1.807, 2.05) is 0 Å². The van der Waals surface area contributed by atoms with Crippen molar-refractivity contribution in [1.29, 1.82) is 0 Å². The van der Waals surface area contributed by atoms with Crippen LogP contribution in [-0.4, -0.2) is 64.7 Å². The Balaban J connectivity index is 4.59. The van der Waals surface area contributed by atoms with Gasteiger partial charge >= 0.3 is 92.5 Å². The summed E-state index contributed by atoms with van der Waals surface area (Å²) in [6.07, 6.45) is -2.18. The molecule has 0 aliphatic carbocycles. The number of rotatable bonds is 6. The van der Waals surface area contributed by atoms with Crippen molar-refractivity contribution in [2.75, 3.05) is 25.5 Å². The number of hydrogen-bond acceptors (Lipinski definition) is 7. The Hall–Kier alpha value is 0.770. The average Bonchev–Trinajstić information content (AvgIpc) is 1.70. The monoisotopic (exact) mass is 301 g/mol. The zero-order valence-electron chi connectivity index (χ0n) is 8.55. The van der Waals surface area contributed by atoms with E-state index in [0.717, 1.165) is 11.6 Å². The van der Waals surface area contributed by atoms with Crippen LogP contribution in [0.1, 0.15) is 0 Å². The van der Waals surface area contributed by atoms with Crippen LogP contribution in [0.2, 0.25) is 0 Å².